The molecule has 0 aliphatic carbocycles. The van der Waals surface area contributed by atoms with E-state index >= 15 is 0 Å². The summed E-state index contributed by atoms with van der Waals surface area (Å²) in [5, 5.41) is 3.45. The first-order valence-electron chi connectivity index (χ1n) is 8.14. The smallest absolute Gasteiger partial charge is 0.243 e. The maximum atomic E-state index is 12.6. The van der Waals surface area contributed by atoms with Crippen LogP contribution in [-0.2, 0) is 10.0 Å². The van der Waals surface area contributed by atoms with Gasteiger partial charge in [-0.15, -0.1) is 0 Å². The van der Waals surface area contributed by atoms with E-state index in [4.69, 9.17) is 0 Å². The molecule has 5 nitrogen and oxygen atoms in total. The summed E-state index contributed by atoms with van der Waals surface area (Å²) in [6, 6.07) is 8.75. The maximum Gasteiger partial charge on any atom is 0.243 e. The monoisotopic (exact) mass is 323 g/mol. The number of hydrogen-bond donors (Lipinski definition) is 1. The van der Waals surface area contributed by atoms with Gasteiger partial charge in [-0.3, -0.25) is 0 Å². The number of hydrogen-bond acceptors (Lipinski definition) is 4. The minimum atomic E-state index is -3.32. The highest BCUT2D eigenvalue weighted by Gasteiger charge is 2.29. The summed E-state index contributed by atoms with van der Waals surface area (Å²) in [4.78, 5) is 2.81. The molecule has 0 aromatic heterocycles. The third kappa shape index (κ3) is 3.68. The molecule has 22 heavy (non-hydrogen) atoms. The van der Waals surface area contributed by atoms with E-state index < -0.39 is 10.0 Å². The molecular formula is C16H25N3O2S. The molecule has 0 saturated carbocycles. The van der Waals surface area contributed by atoms with Crippen LogP contribution < -0.4 is 5.32 Å². The molecule has 2 aliphatic heterocycles. The highest BCUT2D eigenvalue weighted by molar-refractivity contribution is 7.89. The number of rotatable bonds is 4. The van der Waals surface area contributed by atoms with E-state index in [2.05, 4.69) is 10.2 Å². The quantitative estimate of drug-likeness (QED) is 0.898. The molecule has 0 amide bonds. The predicted octanol–water partition coefficient (Wildman–Crippen LogP) is 0.992. The summed E-state index contributed by atoms with van der Waals surface area (Å²) in [6.45, 7) is 6.19. The van der Waals surface area contributed by atoms with Crippen molar-refractivity contribution in [1.29, 1.82) is 0 Å². The number of benzene rings is 1. The van der Waals surface area contributed by atoms with Crippen LogP contribution in [0.15, 0.2) is 35.2 Å². The molecule has 2 aliphatic rings. The fourth-order valence-electron chi connectivity index (χ4n) is 3.34. The zero-order chi connectivity index (χ0) is 15.4. The van der Waals surface area contributed by atoms with Gasteiger partial charge < -0.3 is 10.2 Å². The molecule has 2 saturated heterocycles. The minimum Gasteiger partial charge on any atom is -0.316 e. The Kier molecular flexibility index (Phi) is 5.13. The van der Waals surface area contributed by atoms with Crippen LogP contribution in [0.3, 0.4) is 0 Å². The van der Waals surface area contributed by atoms with Gasteiger partial charge in [0, 0.05) is 32.7 Å². The number of nitrogens with zero attached hydrogens (tertiary/aromatic N) is 2. The largest absolute Gasteiger partial charge is 0.316 e. The number of piperazine rings is 1. The van der Waals surface area contributed by atoms with Crippen LogP contribution in [0.25, 0.3) is 0 Å². The minimum absolute atomic E-state index is 0.403. The standard InChI is InChI=1S/C16H25N3O2S/c20-22(21,16-6-2-1-3-7-16)19-11-9-18(10-12-19)14-15-5-4-8-17-13-15/h1-3,6-7,15,17H,4-5,8-14H2. The molecule has 2 heterocycles. The van der Waals surface area contributed by atoms with Gasteiger partial charge in [0.05, 0.1) is 4.90 Å². The van der Waals surface area contributed by atoms with Gasteiger partial charge in [-0.2, -0.15) is 4.31 Å². The molecule has 6 heteroatoms. The molecule has 122 valence electrons. The van der Waals surface area contributed by atoms with Crippen LogP contribution in [0.1, 0.15) is 12.8 Å². The van der Waals surface area contributed by atoms with Crippen molar-refractivity contribution in [2.75, 3.05) is 45.8 Å². The third-order valence-corrected chi connectivity index (χ3v) is 6.54. The van der Waals surface area contributed by atoms with E-state index in [1.54, 1.807) is 28.6 Å². The zero-order valence-corrected chi connectivity index (χ0v) is 13.8. The average Bonchev–Trinajstić information content (AvgIpc) is 2.57. The van der Waals surface area contributed by atoms with Gasteiger partial charge in [-0.05, 0) is 44.0 Å². The fourth-order valence-corrected chi connectivity index (χ4v) is 4.78. The predicted molar refractivity (Wildman–Crippen MR) is 87.2 cm³/mol. The lowest BCUT2D eigenvalue weighted by Crippen LogP contribution is -2.50. The summed E-state index contributed by atoms with van der Waals surface area (Å²) in [6.07, 6.45) is 2.54. The van der Waals surface area contributed by atoms with Crippen LogP contribution in [0, 0.1) is 5.92 Å². The zero-order valence-electron chi connectivity index (χ0n) is 12.9. The van der Waals surface area contributed by atoms with Gasteiger partial charge >= 0.3 is 0 Å². The Morgan fingerprint density at radius 3 is 2.45 bits per heavy atom. The summed E-state index contributed by atoms with van der Waals surface area (Å²) in [7, 11) is -3.32. The third-order valence-electron chi connectivity index (χ3n) is 4.63. The maximum absolute atomic E-state index is 12.6. The normalized spacial score (nSPS) is 25.2. The Balaban J connectivity index is 1.55. The lowest BCUT2D eigenvalue weighted by Gasteiger charge is -2.36. The highest BCUT2D eigenvalue weighted by Crippen LogP contribution is 2.18. The highest BCUT2D eigenvalue weighted by atomic mass is 32.2. The first-order valence-corrected chi connectivity index (χ1v) is 9.58. The second-order valence-corrected chi connectivity index (χ2v) is 8.17. The Bertz CT molecular complexity index is 562. The molecule has 1 unspecified atom stereocenters. The van der Waals surface area contributed by atoms with E-state index in [0.717, 1.165) is 32.7 Å². The van der Waals surface area contributed by atoms with E-state index in [9.17, 15) is 8.42 Å². The molecule has 2 fully saturated rings. The topological polar surface area (TPSA) is 52.7 Å². The van der Waals surface area contributed by atoms with Crippen LogP contribution in [0.5, 0.6) is 0 Å². The lowest BCUT2D eigenvalue weighted by atomic mass is 9.99. The van der Waals surface area contributed by atoms with Gasteiger partial charge in [0.25, 0.3) is 0 Å². The molecule has 1 atom stereocenters. The summed E-state index contributed by atoms with van der Waals surface area (Å²) in [5.74, 6) is 0.714. The van der Waals surface area contributed by atoms with Crippen LogP contribution >= 0.6 is 0 Å². The molecule has 3 rings (SSSR count). The molecule has 0 spiro atoms. The molecule has 1 N–H and O–H groups in total. The SMILES string of the molecule is O=S(=O)(c1ccccc1)N1CCN(CC2CCCNC2)CC1. The van der Waals surface area contributed by atoms with Crippen molar-refractivity contribution in [2.24, 2.45) is 5.92 Å². The van der Waals surface area contributed by atoms with Crippen LogP contribution in [0.2, 0.25) is 0 Å². The first kappa shape index (κ1) is 15.9. The first-order chi connectivity index (χ1) is 10.7. The van der Waals surface area contributed by atoms with E-state index in [1.807, 2.05) is 6.07 Å². The summed E-state index contributed by atoms with van der Waals surface area (Å²) in [5.41, 5.74) is 0. The van der Waals surface area contributed by atoms with Crippen molar-refractivity contribution < 1.29 is 8.42 Å². The summed E-state index contributed by atoms with van der Waals surface area (Å²) < 4.78 is 26.8. The lowest BCUT2D eigenvalue weighted by molar-refractivity contribution is 0.154. The van der Waals surface area contributed by atoms with Gasteiger partial charge in [-0.25, -0.2) is 8.42 Å². The Morgan fingerprint density at radius 2 is 1.82 bits per heavy atom. The molecular weight excluding hydrogens is 298 g/mol. The van der Waals surface area contributed by atoms with Crippen LogP contribution in [-0.4, -0.2) is 63.4 Å². The van der Waals surface area contributed by atoms with E-state index in [1.165, 1.54) is 12.8 Å². The van der Waals surface area contributed by atoms with Gasteiger partial charge in [-0.1, -0.05) is 18.2 Å². The second-order valence-electron chi connectivity index (χ2n) is 6.23. The molecule has 0 bridgehead atoms. The molecule has 1 aromatic rings. The van der Waals surface area contributed by atoms with E-state index in [0.29, 0.717) is 23.9 Å². The average molecular weight is 323 g/mol. The molecule has 0 radical (unpaired) electrons. The van der Waals surface area contributed by atoms with Gasteiger partial charge in [0.15, 0.2) is 0 Å². The van der Waals surface area contributed by atoms with Crippen molar-refractivity contribution in [3.63, 3.8) is 0 Å². The fraction of sp³-hybridized carbons (Fsp3) is 0.625. The number of sulfonamides is 1. The van der Waals surface area contributed by atoms with Crippen molar-refractivity contribution in [1.82, 2.24) is 14.5 Å². The van der Waals surface area contributed by atoms with Gasteiger partial charge in [0.2, 0.25) is 10.0 Å². The van der Waals surface area contributed by atoms with E-state index in [-0.39, 0.29) is 0 Å². The van der Waals surface area contributed by atoms with Crippen molar-refractivity contribution in [2.45, 2.75) is 17.7 Å². The van der Waals surface area contributed by atoms with Crippen molar-refractivity contribution in [3.8, 4) is 0 Å². The second kappa shape index (κ2) is 7.08. The Hall–Kier alpha value is -0.950. The Morgan fingerprint density at radius 1 is 1.09 bits per heavy atom. The van der Waals surface area contributed by atoms with Crippen molar-refractivity contribution >= 4 is 10.0 Å². The van der Waals surface area contributed by atoms with Crippen molar-refractivity contribution in [3.05, 3.63) is 30.3 Å². The van der Waals surface area contributed by atoms with Gasteiger partial charge in [0.1, 0.15) is 0 Å². The number of nitrogens with one attached hydrogen (secondary N) is 1. The Labute approximate surface area is 133 Å². The summed E-state index contributed by atoms with van der Waals surface area (Å²) >= 11 is 0. The molecule has 1 aromatic carbocycles. The van der Waals surface area contributed by atoms with Crippen LogP contribution in [0.4, 0.5) is 0 Å². The number of piperidine rings is 1.